The molecule has 1 N–H and O–H groups in total. The van der Waals surface area contributed by atoms with Crippen molar-refractivity contribution in [2.24, 2.45) is 0 Å². The molecule has 1 aromatic heterocycles. The van der Waals surface area contributed by atoms with Gasteiger partial charge in [-0.2, -0.15) is 9.78 Å². The minimum Gasteiger partial charge on any atom is -0.493 e. The summed E-state index contributed by atoms with van der Waals surface area (Å²) in [6.45, 7) is 1.28. The summed E-state index contributed by atoms with van der Waals surface area (Å²) in [5.74, 6) is -0.310. The van der Waals surface area contributed by atoms with E-state index in [9.17, 15) is 14.0 Å². The third-order valence-electron chi connectivity index (χ3n) is 6.31. The summed E-state index contributed by atoms with van der Waals surface area (Å²) in [5, 5.41) is 8.06. The van der Waals surface area contributed by atoms with E-state index in [1.807, 2.05) is 0 Å². The fourth-order valence-corrected chi connectivity index (χ4v) is 4.61. The van der Waals surface area contributed by atoms with E-state index >= 15 is 0 Å². The van der Waals surface area contributed by atoms with Crippen LogP contribution in [0.25, 0.3) is 28.1 Å². The van der Waals surface area contributed by atoms with Crippen molar-refractivity contribution in [1.29, 1.82) is 0 Å². The Labute approximate surface area is 246 Å². The molecule has 0 atom stereocenters. The fourth-order valence-electron chi connectivity index (χ4n) is 4.41. The van der Waals surface area contributed by atoms with Crippen LogP contribution in [0.5, 0.6) is 17.4 Å². The number of ether oxygens (including phenoxy) is 3. The van der Waals surface area contributed by atoms with Gasteiger partial charge < -0.3 is 19.5 Å². The smallest absolute Gasteiger partial charge is 0.309 e. The summed E-state index contributed by atoms with van der Waals surface area (Å²) in [7, 11) is 3.06. The Morgan fingerprint density at radius 1 is 0.857 bits per heavy atom. The molecule has 0 saturated heterocycles. The van der Waals surface area contributed by atoms with E-state index < -0.39 is 11.8 Å². The topological polar surface area (TPSA) is 91.7 Å². The first-order valence-electron chi connectivity index (χ1n) is 12.7. The number of nitrogens with zero attached hydrogens (tertiary/aromatic N) is 2. The van der Waals surface area contributed by atoms with Crippen molar-refractivity contribution in [3.8, 4) is 45.5 Å². The number of carbonyl (C=O) groups excluding carboxylic acids is 2. The highest BCUT2D eigenvalue weighted by atomic mass is 35.5. The maximum Gasteiger partial charge on any atom is 0.309 e. The number of anilines is 1. The average Bonchev–Trinajstić information content (AvgIpc) is 3.35. The molecule has 1 heterocycles. The number of aromatic nitrogens is 2. The van der Waals surface area contributed by atoms with Gasteiger partial charge in [0, 0.05) is 28.8 Å². The van der Waals surface area contributed by atoms with Crippen molar-refractivity contribution in [2.75, 3.05) is 19.5 Å². The number of esters is 1. The molecule has 10 heteroatoms. The maximum atomic E-state index is 14.3. The first-order chi connectivity index (χ1) is 20.3. The van der Waals surface area contributed by atoms with Crippen LogP contribution in [0.4, 0.5) is 10.1 Å². The zero-order valence-corrected chi connectivity index (χ0v) is 23.6. The standard InChI is InChI=1S/C32H25ClFN3O5/c1-19(38)42-32-29(20-10-13-25(14-11-20)35-31(39)22-6-4-7-23(33)16-22)30(21-12-15-27(40-2)28(17-21)41-3)36-37(32)26-9-5-8-24(34)18-26/h4-18H,1-3H3,(H,35,39). The van der Waals surface area contributed by atoms with E-state index in [4.69, 9.17) is 30.9 Å². The first-order valence-corrected chi connectivity index (χ1v) is 13.1. The summed E-state index contributed by atoms with van der Waals surface area (Å²) in [6.07, 6.45) is 0. The van der Waals surface area contributed by atoms with Gasteiger partial charge in [0.05, 0.1) is 25.5 Å². The zero-order chi connectivity index (χ0) is 29.8. The van der Waals surface area contributed by atoms with E-state index in [0.29, 0.717) is 55.8 Å². The van der Waals surface area contributed by atoms with E-state index in [1.54, 1.807) is 72.8 Å². The normalized spacial score (nSPS) is 10.7. The summed E-state index contributed by atoms with van der Waals surface area (Å²) in [4.78, 5) is 25.0. The van der Waals surface area contributed by atoms with Crippen molar-refractivity contribution in [1.82, 2.24) is 9.78 Å². The molecule has 0 aliphatic carbocycles. The maximum absolute atomic E-state index is 14.3. The van der Waals surface area contributed by atoms with Crippen molar-refractivity contribution in [2.45, 2.75) is 6.92 Å². The van der Waals surface area contributed by atoms with Crippen LogP contribution in [0.15, 0.2) is 91.0 Å². The van der Waals surface area contributed by atoms with Gasteiger partial charge in [0.1, 0.15) is 11.5 Å². The van der Waals surface area contributed by atoms with Crippen LogP contribution in [0, 0.1) is 5.82 Å². The van der Waals surface area contributed by atoms with Gasteiger partial charge in [-0.1, -0.05) is 35.9 Å². The molecule has 0 bridgehead atoms. The Balaban J connectivity index is 1.64. The van der Waals surface area contributed by atoms with Crippen LogP contribution in [0.3, 0.4) is 0 Å². The lowest BCUT2D eigenvalue weighted by molar-refractivity contribution is -0.132. The number of methoxy groups -OCH3 is 2. The van der Waals surface area contributed by atoms with Crippen molar-refractivity contribution >= 4 is 29.2 Å². The van der Waals surface area contributed by atoms with Crippen LogP contribution in [0.1, 0.15) is 17.3 Å². The molecule has 0 aliphatic heterocycles. The average molecular weight is 586 g/mol. The van der Waals surface area contributed by atoms with Crippen LogP contribution in [-0.4, -0.2) is 35.9 Å². The molecular formula is C32H25ClFN3O5. The minimum absolute atomic E-state index is 0.0913. The highest BCUT2D eigenvalue weighted by Gasteiger charge is 2.25. The van der Waals surface area contributed by atoms with Crippen LogP contribution >= 0.6 is 11.6 Å². The van der Waals surface area contributed by atoms with Crippen molar-refractivity contribution < 1.29 is 28.2 Å². The third kappa shape index (κ3) is 5.96. The number of rotatable bonds is 8. The molecule has 42 heavy (non-hydrogen) atoms. The van der Waals surface area contributed by atoms with Crippen LogP contribution in [-0.2, 0) is 4.79 Å². The molecule has 0 unspecified atom stereocenters. The molecule has 0 saturated carbocycles. The summed E-state index contributed by atoms with van der Waals surface area (Å²) in [6, 6.07) is 24.6. The Bertz CT molecular complexity index is 1790. The number of nitrogens with one attached hydrogen (secondary N) is 1. The largest absolute Gasteiger partial charge is 0.493 e. The van der Waals surface area contributed by atoms with E-state index in [1.165, 1.54) is 44.0 Å². The quantitative estimate of drug-likeness (QED) is 0.194. The van der Waals surface area contributed by atoms with Gasteiger partial charge in [-0.05, 0) is 72.3 Å². The Morgan fingerprint density at radius 3 is 2.24 bits per heavy atom. The number of amides is 1. The molecule has 5 aromatic rings. The number of hydrogen-bond acceptors (Lipinski definition) is 6. The third-order valence-corrected chi connectivity index (χ3v) is 6.55. The van der Waals surface area contributed by atoms with Gasteiger partial charge in [-0.3, -0.25) is 9.59 Å². The second-order valence-electron chi connectivity index (χ2n) is 9.13. The number of halogens is 2. The second-order valence-corrected chi connectivity index (χ2v) is 9.56. The van der Waals surface area contributed by atoms with Gasteiger partial charge >= 0.3 is 5.97 Å². The van der Waals surface area contributed by atoms with E-state index in [2.05, 4.69) is 5.32 Å². The molecule has 4 aromatic carbocycles. The molecule has 0 fully saturated rings. The van der Waals surface area contributed by atoms with Crippen molar-refractivity contribution in [3.63, 3.8) is 0 Å². The van der Waals surface area contributed by atoms with Gasteiger partial charge in [0.2, 0.25) is 5.88 Å². The number of benzene rings is 4. The lowest BCUT2D eigenvalue weighted by atomic mass is 10.0. The number of carbonyl (C=O) groups is 2. The van der Waals surface area contributed by atoms with E-state index in [0.717, 1.165) is 0 Å². The predicted octanol–water partition coefficient (Wildman–Crippen LogP) is 7.19. The van der Waals surface area contributed by atoms with Gasteiger partial charge in [-0.15, -0.1) is 0 Å². The molecule has 0 radical (unpaired) electrons. The number of hydrogen-bond donors (Lipinski definition) is 1. The molecular weight excluding hydrogens is 561 g/mol. The van der Waals surface area contributed by atoms with Gasteiger partial charge in [0.15, 0.2) is 11.5 Å². The zero-order valence-electron chi connectivity index (χ0n) is 22.9. The molecule has 5 rings (SSSR count). The van der Waals surface area contributed by atoms with Crippen LogP contribution < -0.4 is 19.5 Å². The molecule has 8 nitrogen and oxygen atoms in total. The highest BCUT2D eigenvalue weighted by Crippen LogP contribution is 2.43. The van der Waals surface area contributed by atoms with Gasteiger partial charge in [-0.25, -0.2) is 4.39 Å². The predicted molar refractivity (Wildman–Crippen MR) is 158 cm³/mol. The molecule has 0 spiro atoms. The van der Waals surface area contributed by atoms with Gasteiger partial charge in [0.25, 0.3) is 5.91 Å². The summed E-state index contributed by atoms with van der Waals surface area (Å²) < 4.78 is 32.2. The lowest BCUT2D eigenvalue weighted by Gasteiger charge is -2.11. The highest BCUT2D eigenvalue weighted by molar-refractivity contribution is 6.31. The molecule has 1 amide bonds. The summed E-state index contributed by atoms with van der Waals surface area (Å²) in [5.41, 5.74) is 3.45. The Morgan fingerprint density at radius 2 is 1.57 bits per heavy atom. The van der Waals surface area contributed by atoms with Crippen molar-refractivity contribution in [3.05, 3.63) is 107 Å². The van der Waals surface area contributed by atoms with E-state index in [-0.39, 0.29) is 11.8 Å². The lowest BCUT2D eigenvalue weighted by Crippen LogP contribution is -2.11. The molecule has 0 aliphatic rings. The second kappa shape index (κ2) is 12.2. The monoisotopic (exact) mass is 585 g/mol. The first kappa shape index (κ1) is 28.4. The Kier molecular flexibility index (Phi) is 8.21. The summed E-state index contributed by atoms with van der Waals surface area (Å²) >= 11 is 6.03. The minimum atomic E-state index is -0.585. The molecule has 212 valence electrons. The Hall–Kier alpha value is -5.15. The van der Waals surface area contributed by atoms with Crippen LogP contribution in [0.2, 0.25) is 5.02 Å². The SMILES string of the molecule is COc1ccc(-c2nn(-c3cccc(F)c3)c(OC(C)=O)c2-c2ccc(NC(=O)c3cccc(Cl)c3)cc2)cc1OC. The fraction of sp³-hybridized carbons (Fsp3) is 0.0938.